The number of aromatic nitrogens is 3. The minimum absolute atomic E-state index is 0.227. The zero-order valence-corrected chi connectivity index (χ0v) is 9.62. The molecule has 4 nitrogen and oxygen atoms in total. The van der Waals surface area contributed by atoms with Gasteiger partial charge in [0.05, 0.1) is 5.52 Å². The average molecular weight is 243 g/mol. The van der Waals surface area contributed by atoms with E-state index in [1.807, 2.05) is 36.4 Å². The van der Waals surface area contributed by atoms with Crippen LogP contribution in [-0.4, -0.2) is 15.0 Å². The molecule has 0 amide bonds. The Labute approximate surface area is 101 Å². The quantitative estimate of drug-likeness (QED) is 0.726. The summed E-state index contributed by atoms with van der Waals surface area (Å²) in [5.41, 5.74) is 1.10. The van der Waals surface area contributed by atoms with Gasteiger partial charge in [-0.3, -0.25) is 4.98 Å². The second-order valence-electron chi connectivity index (χ2n) is 3.56. The lowest BCUT2D eigenvalue weighted by Gasteiger charge is -2.00. The summed E-state index contributed by atoms with van der Waals surface area (Å²) in [6.45, 7) is 0. The molecule has 3 rings (SSSR count). The van der Waals surface area contributed by atoms with Gasteiger partial charge in [0.2, 0.25) is 0 Å². The number of imidazole rings is 1. The number of aromatic amines is 2. The summed E-state index contributed by atoms with van der Waals surface area (Å²) in [7, 11) is 0. The second kappa shape index (κ2) is 4.10. The molecule has 1 aromatic carbocycles. The SMILES string of the molecule is O=c1[nH]c2cc(Sc3ccccc3)cnc2[nH]1. The largest absolute Gasteiger partial charge is 0.325 e. The summed E-state index contributed by atoms with van der Waals surface area (Å²) < 4.78 is 0. The van der Waals surface area contributed by atoms with Crippen molar-refractivity contribution in [2.75, 3.05) is 0 Å². The highest BCUT2D eigenvalue weighted by Gasteiger charge is 2.02. The molecule has 3 aromatic rings. The Bertz CT molecular complexity index is 702. The first kappa shape index (κ1) is 10.2. The molecule has 0 spiro atoms. The van der Waals surface area contributed by atoms with E-state index in [-0.39, 0.29) is 5.69 Å². The van der Waals surface area contributed by atoms with E-state index in [9.17, 15) is 4.79 Å². The van der Waals surface area contributed by atoms with E-state index in [1.54, 1.807) is 18.0 Å². The number of hydrogen-bond acceptors (Lipinski definition) is 3. The predicted octanol–water partition coefficient (Wildman–Crippen LogP) is 2.40. The van der Waals surface area contributed by atoms with Crippen molar-refractivity contribution in [3.63, 3.8) is 0 Å². The van der Waals surface area contributed by atoms with Crippen LogP contribution in [0.15, 0.2) is 57.2 Å². The number of benzene rings is 1. The molecule has 2 heterocycles. The van der Waals surface area contributed by atoms with E-state index in [2.05, 4.69) is 15.0 Å². The van der Waals surface area contributed by atoms with E-state index >= 15 is 0 Å². The number of rotatable bonds is 2. The van der Waals surface area contributed by atoms with Gasteiger partial charge in [0.15, 0.2) is 5.65 Å². The van der Waals surface area contributed by atoms with E-state index in [0.717, 1.165) is 15.3 Å². The number of nitrogens with zero attached hydrogens (tertiary/aromatic N) is 1. The molecule has 5 heteroatoms. The molecule has 2 N–H and O–H groups in total. The van der Waals surface area contributed by atoms with Crippen molar-refractivity contribution in [2.24, 2.45) is 0 Å². The molecule has 0 aliphatic carbocycles. The molecule has 0 saturated carbocycles. The minimum atomic E-state index is -0.227. The van der Waals surface area contributed by atoms with Gasteiger partial charge in [0.1, 0.15) is 0 Å². The van der Waals surface area contributed by atoms with Crippen molar-refractivity contribution in [2.45, 2.75) is 9.79 Å². The third-order valence-corrected chi connectivity index (χ3v) is 3.29. The summed E-state index contributed by atoms with van der Waals surface area (Å²) in [4.78, 5) is 22.8. The van der Waals surface area contributed by atoms with Crippen molar-refractivity contribution in [1.82, 2.24) is 15.0 Å². The summed E-state index contributed by atoms with van der Waals surface area (Å²) in [6, 6.07) is 12.0. The Kier molecular flexibility index (Phi) is 2.45. The molecule has 17 heavy (non-hydrogen) atoms. The summed E-state index contributed by atoms with van der Waals surface area (Å²) >= 11 is 1.61. The van der Waals surface area contributed by atoms with Crippen molar-refractivity contribution in [3.8, 4) is 0 Å². The van der Waals surface area contributed by atoms with Gasteiger partial charge in [-0.1, -0.05) is 30.0 Å². The van der Waals surface area contributed by atoms with Gasteiger partial charge >= 0.3 is 5.69 Å². The van der Waals surface area contributed by atoms with Crippen molar-refractivity contribution in [3.05, 3.63) is 53.1 Å². The van der Waals surface area contributed by atoms with Crippen LogP contribution in [0.25, 0.3) is 11.2 Å². The summed E-state index contributed by atoms with van der Waals surface area (Å²) in [5, 5.41) is 0. The first-order chi connectivity index (χ1) is 8.31. The van der Waals surface area contributed by atoms with Gasteiger partial charge < -0.3 is 4.98 Å². The van der Waals surface area contributed by atoms with Crippen LogP contribution in [0.1, 0.15) is 0 Å². The maximum Gasteiger partial charge on any atom is 0.325 e. The van der Waals surface area contributed by atoms with Gasteiger partial charge in [-0.05, 0) is 18.2 Å². The normalized spacial score (nSPS) is 10.8. The first-order valence-corrected chi connectivity index (χ1v) is 5.94. The zero-order valence-electron chi connectivity index (χ0n) is 8.81. The molecule has 0 bridgehead atoms. The van der Waals surface area contributed by atoms with Gasteiger partial charge in [-0.25, -0.2) is 9.78 Å². The molecule has 0 unspecified atom stereocenters. The smallest absolute Gasteiger partial charge is 0.304 e. The monoisotopic (exact) mass is 243 g/mol. The van der Waals surface area contributed by atoms with Gasteiger partial charge in [0.25, 0.3) is 0 Å². The fourth-order valence-corrected chi connectivity index (χ4v) is 2.43. The molecule has 0 atom stereocenters. The average Bonchev–Trinajstić information content (AvgIpc) is 2.70. The third kappa shape index (κ3) is 2.09. The lowest BCUT2D eigenvalue weighted by molar-refractivity contribution is 1.20. The summed E-state index contributed by atoms with van der Waals surface area (Å²) in [6.07, 6.45) is 1.75. The second-order valence-corrected chi connectivity index (χ2v) is 4.71. The van der Waals surface area contributed by atoms with Crippen molar-refractivity contribution < 1.29 is 0 Å². The molecule has 0 fully saturated rings. The first-order valence-electron chi connectivity index (χ1n) is 5.12. The van der Waals surface area contributed by atoms with Gasteiger partial charge in [0, 0.05) is 16.0 Å². The molecule has 0 aliphatic rings. The Morgan fingerprint density at radius 2 is 1.88 bits per heavy atom. The Morgan fingerprint density at radius 1 is 1.06 bits per heavy atom. The van der Waals surface area contributed by atoms with E-state index in [1.165, 1.54) is 0 Å². The highest BCUT2D eigenvalue weighted by Crippen LogP contribution is 2.27. The molecular formula is C12H9N3OS. The highest BCUT2D eigenvalue weighted by atomic mass is 32.2. The molecule has 84 valence electrons. The molecular weight excluding hydrogens is 234 g/mol. The Balaban J connectivity index is 1.98. The van der Waals surface area contributed by atoms with Crippen LogP contribution in [0.2, 0.25) is 0 Å². The molecule has 0 saturated heterocycles. The lowest BCUT2D eigenvalue weighted by atomic mass is 10.4. The number of nitrogens with one attached hydrogen (secondary N) is 2. The van der Waals surface area contributed by atoms with Crippen LogP contribution in [0, 0.1) is 0 Å². The van der Waals surface area contributed by atoms with Crippen LogP contribution in [-0.2, 0) is 0 Å². The van der Waals surface area contributed by atoms with Crippen LogP contribution in [0.3, 0.4) is 0 Å². The minimum Gasteiger partial charge on any atom is -0.304 e. The lowest BCUT2D eigenvalue weighted by Crippen LogP contribution is -1.99. The summed E-state index contributed by atoms with van der Waals surface area (Å²) in [5.74, 6) is 0. The van der Waals surface area contributed by atoms with Gasteiger partial charge in [-0.2, -0.15) is 0 Å². The maximum atomic E-state index is 11.1. The maximum absolute atomic E-state index is 11.1. The molecule has 0 aliphatic heterocycles. The van der Waals surface area contributed by atoms with Gasteiger partial charge in [-0.15, -0.1) is 0 Å². The van der Waals surface area contributed by atoms with Crippen LogP contribution in [0.4, 0.5) is 0 Å². The van der Waals surface area contributed by atoms with E-state index < -0.39 is 0 Å². The van der Waals surface area contributed by atoms with E-state index in [4.69, 9.17) is 0 Å². The number of fused-ring (bicyclic) bond motifs is 1. The predicted molar refractivity (Wildman–Crippen MR) is 67.3 cm³/mol. The molecule has 2 aromatic heterocycles. The van der Waals surface area contributed by atoms with Crippen LogP contribution in [0.5, 0.6) is 0 Å². The number of hydrogen-bond donors (Lipinski definition) is 2. The third-order valence-electron chi connectivity index (χ3n) is 2.32. The standard InChI is InChI=1S/C12H9N3OS/c16-12-14-10-6-9(7-13-11(10)15-12)17-8-4-2-1-3-5-8/h1-7H,(H2,13,14,15,16). The number of H-pyrrole nitrogens is 2. The van der Waals surface area contributed by atoms with Crippen LogP contribution < -0.4 is 5.69 Å². The molecule has 0 radical (unpaired) electrons. The topological polar surface area (TPSA) is 61.5 Å². The zero-order chi connectivity index (χ0) is 11.7. The fraction of sp³-hybridized carbons (Fsp3) is 0. The fourth-order valence-electron chi connectivity index (χ4n) is 1.58. The van der Waals surface area contributed by atoms with Crippen molar-refractivity contribution >= 4 is 22.9 Å². The number of pyridine rings is 1. The Hall–Kier alpha value is -2.01. The van der Waals surface area contributed by atoms with Crippen LogP contribution >= 0.6 is 11.8 Å². The Morgan fingerprint density at radius 3 is 2.71 bits per heavy atom. The van der Waals surface area contributed by atoms with Crippen molar-refractivity contribution in [1.29, 1.82) is 0 Å². The van der Waals surface area contributed by atoms with E-state index in [0.29, 0.717) is 5.65 Å². The highest BCUT2D eigenvalue weighted by molar-refractivity contribution is 7.99.